The first-order valence-electron chi connectivity index (χ1n) is 6.90. The number of hydrogen-bond acceptors (Lipinski definition) is 4. The molecule has 114 valence electrons. The van der Waals surface area contributed by atoms with Crippen molar-refractivity contribution in [2.45, 2.75) is 24.0 Å². The number of para-hydroxylation sites is 1. The summed E-state index contributed by atoms with van der Waals surface area (Å²) in [4.78, 5) is 12.2. The number of hydrogen-bond donors (Lipinski definition) is 2. The Hall–Kier alpha value is -1.27. The van der Waals surface area contributed by atoms with Crippen LogP contribution in [0, 0.1) is 0 Å². The van der Waals surface area contributed by atoms with Crippen LogP contribution in [0.1, 0.15) is 24.8 Å². The summed E-state index contributed by atoms with van der Waals surface area (Å²) in [6.45, 7) is 0.678. The lowest BCUT2D eigenvalue weighted by molar-refractivity contribution is -0.123. The summed E-state index contributed by atoms with van der Waals surface area (Å²) in [5, 5.41) is 2.95. The molecule has 0 bridgehead atoms. The summed E-state index contributed by atoms with van der Waals surface area (Å²) in [5.41, 5.74) is 6.28. The molecule has 0 unspecified atom stereocenters. The van der Waals surface area contributed by atoms with E-state index in [0.717, 1.165) is 0 Å². The van der Waals surface area contributed by atoms with Gasteiger partial charge in [-0.1, -0.05) is 30.8 Å². The van der Waals surface area contributed by atoms with E-state index in [4.69, 9.17) is 22.7 Å². The van der Waals surface area contributed by atoms with E-state index in [1.165, 1.54) is 19.3 Å². The van der Waals surface area contributed by atoms with E-state index in [1.807, 2.05) is 23.9 Å². The summed E-state index contributed by atoms with van der Waals surface area (Å²) in [6.07, 6.45) is 5.67. The molecule has 0 aromatic heterocycles. The van der Waals surface area contributed by atoms with E-state index in [9.17, 15) is 4.79 Å². The van der Waals surface area contributed by atoms with Crippen molar-refractivity contribution in [1.29, 1.82) is 0 Å². The molecule has 2 rings (SSSR count). The Morgan fingerprint density at radius 1 is 1.48 bits per heavy atom. The highest BCUT2D eigenvalue weighted by molar-refractivity contribution is 8.00. The zero-order chi connectivity index (χ0) is 15.3. The Morgan fingerprint density at radius 3 is 2.76 bits per heavy atom. The highest BCUT2D eigenvalue weighted by Gasteiger charge is 2.36. The lowest BCUT2D eigenvalue weighted by atomic mass is 9.84. The van der Waals surface area contributed by atoms with Crippen LogP contribution in [0.2, 0.25) is 0 Å². The van der Waals surface area contributed by atoms with Crippen LogP contribution in [-0.4, -0.2) is 35.1 Å². The Kier molecular flexibility index (Phi) is 5.47. The average molecular weight is 324 g/mol. The van der Waals surface area contributed by atoms with E-state index in [2.05, 4.69) is 11.6 Å². The lowest BCUT2D eigenvalue weighted by Crippen LogP contribution is -2.46. The van der Waals surface area contributed by atoms with Crippen molar-refractivity contribution < 1.29 is 9.53 Å². The number of rotatable bonds is 7. The van der Waals surface area contributed by atoms with Crippen LogP contribution in [-0.2, 0) is 4.79 Å². The number of thiocarbonyl (C=S) groups is 1. The second-order valence-corrected chi connectivity index (χ2v) is 6.88. The molecule has 0 atom stereocenters. The third kappa shape index (κ3) is 4.11. The van der Waals surface area contributed by atoms with Crippen molar-refractivity contribution in [2.75, 3.05) is 19.4 Å². The van der Waals surface area contributed by atoms with Gasteiger partial charge >= 0.3 is 0 Å². The first-order valence-corrected chi connectivity index (χ1v) is 8.53. The fourth-order valence-corrected chi connectivity index (χ4v) is 3.36. The lowest BCUT2D eigenvalue weighted by Gasteiger charge is -2.40. The summed E-state index contributed by atoms with van der Waals surface area (Å²) in [6, 6.07) is 7.20. The first-order chi connectivity index (χ1) is 10.1. The van der Waals surface area contributed by atoms with Crippen molar-refractivity contribution >= 4 is 34.9 Å². The van der Waals surface area contributed by atoms with Crippen LogP contribution in [0.5, 0.6) is 5.75 Å². The number of benzene rings is 1. The predicted octanol–water partition coefficient (Wildman–Crippen LogP) is 2.10. The number of nitrogens with one attached hydrogen (secondary N) is 1. The number of thioether (sulfide) groups is 1. The molecule has 0 heterocycles. The Labute approximate surface area is 134 Å². The molecule has 0 aliphatic heterocycles. The molecular formula is C15H20N2O2S2. The van der Waals surface area contributed by atoms with E-state index < -0.39 is 0 Å². The zero-order valence-corrected chi connectivity index (χ0v) is 13.7. The van der Waals surface area contributed by atoms with Crippen LogP contribution < -0.4 is 15.8 Å². The van der Waals surface area contributed by atoms with Gasteiger partial charge in [0.15, 0.2) is 6.61 Å². The van der Waals surface area contributed by atoms with Crippen LogP contribution in [0.4, 0.5) is 0 Å². The summed E-state index contributed by atoms with van der Waals surface area (Å²) in [7, 11) is 0. The van der Waals surface area contributed by atoms with Gasteiger partial charge in [0, 0.05) is 11.3 Å². The zero-order valence-electron chi connectivity index (χ0n) is 12.1. The van der Waals surface area contributed by atoms with Gasteiger partial charge in [-0.15, -0.1) is 0 Å². The number of carbonyl (C=O) groups excluding carboxylic acids is 1. The van der Waals surface area contributed by atoms with Gasteiger partial charge in [-0.25, -0.2) is 0 Å². The van der Waals surface area contributed by atoms with Gasteiger partial charge < -0.3 is 15.8 Å². The minimum absolute atomic E-state index is 0.0237. The maximum absolute atomic E-state index is 11.9. The molecule has 6 heteroatoms. The van der Waals surface area contributed by atoms with Crippen LogP contribution in [0.3, 0.4) is 0 Å². The molecule has 1 fully saturated rings. The van der Waals surface area contributed by atoms with Crippen LogP contribution >= 0.6 is 24.0 Å². The minimum Gasteiger partial charge on any atom is -0.483 e. The predicted molar refractivity (Wildman–Crippen MR) is 90.9 cm³/mol. The molecule has 0 radical (unpaired) electrons. The standard InChI is InChI=1S/C15H20N2O2S2/c1-21-15(7-4-8-15)10-17-13(18)9-19-12-6-3-2-5-11(12)14(16)20/h2-3,5-6H,4,7-10H2,1H3,(H2,16,20)(H,17,18). The van der Waals surface area contributed by atoms with Gasteiger partial charge in [-0.2, -0.15) is 11.8 Å². The minimum atomic E-state index is -0.118. The molecule has 3 N–H and O–H groups in total. The molecular weight excluding hydrogens is 304 g/mol. The van der Waals surface area contributed by atoms with Crippen molar-refractivity contribution in [1.82, 2.24) is 5.32 Å². The van der Waals surface area contributed by atoms with Crippen molar-refractivity contribution in [3.8, 4) is 5.75 Å². The number of ether oxygens (including phenoxy) is 1. The Bertz CT molecular complexity index is 525. The maximum Gasteiger partial charge on any atom is 0.257 e. The molecule has 1 aliphatic carbocycles. The fraction of sp³-hybridized carbons (Fsp3) is 0.467. The smallest absolute Gasteiger partial charge is 0.257 e. The monoisotopic (exact) mass is 324 g/mol. The average Bonchev–Trinajstić information content (AvgIpc) is 2.44. The highest BCUT2D eigenvalue weighted by Crippen LogP contribution is 2.42. The summed E-state index contributed by atoms with van der Waals surface area (Å²) in [5.74, 6) is 0.427. The Balaban J connectivity index is 1.83. The molecule has 0 spiro atoms. The van der Waals surface area contributed by atoms with E-state index >= 15 is 0 Å². The van der Waals surface area contributed by atoms with E-state index in [1.54, 1.807) is 12.1 Å². The first kappa shape index (κ1) is 16.1. The largest absolute Gasteiger partial charge is 0.483 e. The molecule has 1 saturated carbocycles. The topological polar surface area (TPSA) is 64.3 Å². The normalized spacial score (nSPS) is 15.9. The van der Waals surface area contributed by atoms with Gasteiger partial charge in [-0.05, 0) is 31.2 Å². The van der Waals surface area contributed by atoms with Crippen LogP contribution in [0.25, 0.3) is 0 Å². The number of nitrogens with two attached hydrogens (primary N) is 1. The summed E-state index contributed by atoms with van der Waals surface area (Å²) >= 11 is 6.80. The second-order valence-electron chi connectivity index (χ2n) is 5.17. The molecule has 4 nitrogen and oxygen atoms in total. The van der Waals surface area contributed by atoms with Gasteiger partial charge in [-0.3, -0.25) is 4.79 Å². The highest BCUT2D eigenvalue weighted by atomic mass is 32.2. The quantitative estimate of drug-likeness (QED) is 0.752. The third-order valence-electron chi connectivity index (χ3n) is 3.82. The van der Waals surface area contributed by atoms with Gasteiger partial charge in [0.05, 0.1) is 5.56 Å². The van der Waals surface area contributed by atoms with Gasteiger partial charge in [0.25, 0.3) is 5.91 Å². The molecule has 0 saturated heterocycles. The van der Waals surface area contributed by atoms with Gasteiger partial charge in [0.1, 0.15) is 10.7 Å². The molecule has 1 aliphatic rings. The number of carbonyl (C=O) groups is 1. The fourth-order valence-electron chi connectivity index (χ4n) is 2.27. The van der Waals surface area contributed by atoms with E-state index in [0.29, 0.717) is 17.9 Å². The summed E-state index contributed by atoms with van der Waals surface area (Å²) < 4.78 is 5.75. The second kappa shape index (κ2) is 7.13. The van der Waals surface area contributed by atoms with Gasteiger partial charge in [0.2, 0.25) is 0 Å². The molecule has 1 aromatic carbocycles. The molecule has 21 heavy (non-hydrogen) atoms. The third-order valence-corrected chi connectivity index (χ3v) is 5.46. The van der Waals surface area contributed by atoms with Crippen molar-refractivity contribution in [3.05, 3.63) is 29.8 Å². The number of amides is 1. The molecule has 1 aromatic rings. The SMILES string of the molecule is CSC1(CNC(=O)COc2ccccc2C(N)=S)CCC1. The van der Waals surface area contributed by atoms with Crippen molar-refractivity contribution in [3.63, 3.8) is 0 Å². The van der Waals surface area contributed by atoms with E-state index in [-0.39, 0.29) is 22.2 Å². The Morgan fingerprint density at radius 2 is 2.19 bits per heavy atom. The van der Waals surface area contributed by atoms with Crippen molar-refractivity contribution in [2.24, 2.45) is 5.73 Å². The van der Waals surface area contributed by atoms with Crippen LogP contribution in [0.15, 0.2) is 24.3 Å². The molecule has 1 amide bonds. The maximum atomic E-state index is 11.9.